The number of carbonyl (C=O) groups is 1. The molecule has 5 heteroatoms. The van der Waals surface area contributed by atoms with E-state index in [1.807, 2.05) is 19.9 Å². The Morgan fingerprint density at radius 1 is 1.48 bits per heavy atom. The molecule has 0 bridgehead atoms. The van der Waals surface area contributed by atoms with Crippen LogP contribution in [0.2, 0.25) is 0 Å². The third-order valence-corrected chi connectivity index (χ3v) is 3.82. The zero-order chi connectivity index (χ0) is 15.8. The lowest BCUT2D eigenvalue weighted by Crippen LogP contribution is -2.10. The van der Waals surface area contributed by atoms with Gasteiger partial charge in [0.05, 0.1) is 5.56 Å². The molecule has 2 N–H and O–H groups in total. The van der Waals surface area contributed by atoms with E-state index in [1.165, 1.54) is 18.0 Å². The van der Waals surface area contributed by atoms with Crippen LogP contribution < -0.4 is 5.73 Å². The quantitative estimate of drug-likeness (QED) is 0.196. The Bertz CT molecular complexity index is 552. The summed E-state index contributed by atoms with van der Waals surface area (Å²) in [5.74, 6) is 0.873. The Kier molecular flexibility index (Phi) is 7.15. The second-order valence-corrected chi connectivity index (χ2v) is 5.95. The molecule has 4 nitrogen and oxygen atoms in total. The molecule has 0 fully saturated rings. The van der Waals surface area contributed by atoms with Crippen LogP contribution in [0, 0.1) is 0 Å². The number of rotatable bonds is 8. The van der Waals surface area contributed by atoms with Crippen LogP contribution in [0.4, 0.5) is 5.82 Å². The van der Waals surface area contributed by atoms with E-state index in [2.05, 4.69) is 23.5 Å². The van der Waals surface area contributed by atoms with E-state index in [0.717, 1.165) is 30.6 Å². The van der Waals surface area contributed by atoms with Gasteiger partial charge in [0, 0.05) is 11.8 Å². The van der Waals surface area contributed by atoms with Gasteiger partial charge in [-0.15, -0.1) is 0 Å². The van der Waals surface area contributed by atoms with Crippen molar-refractivity contribution in [3.8, 4) is 0 Å². The fourth-order valence-electron chi connectivity index (χ4n) is 1.74. The number of nitrogens with two attached hydrogens (primary N) is 1. The van der Waals surface area contributed by atoms with E-state index >= 15 is 0 Å². The molecule has 0 saturated heterocycles. The summed E-state index contributed by atoms with van der Waals surface area (Å²) in [6.45, 7) is 9.92. The average molecular weight is 305 g/mol. The summed E-state index contributed by atoms with van der Waals surface area (Å²) in [5.41, 5.74) is 7.53. The van der Waals surface area contributed by atoms with Gasteiger partial charge in [0.15, 0.2) is 10.9 Å². The number of nitrogens with zero attached hydrogens (tertiary/aromatic N) is 2. The van der Waals surface area contributed by atoms with E-state index < -0.39 is 0 Å². The second kappa shape index (κ2) is 8.62. The summed E-state index contributed by atoms with van der Waals surface area (Å²) in [7, 11) is 0. The lowest BCUT2D eigenvalue weighted by molar-refractivity contribution is 0.103. The van der Waals surface area contributed by atoms with Gasteiger partial charge < -0.3 is 5.73 Å². The second-order valence-electron chi connectivity index (χ2n) is 4.72. The van der Waals surface area contributed by atoms with E-state index in [1.54, 1.807) is 0 Å². The molecule has 1 rings (SSSR count). The minimum absolute atomic E-state index is 0.203. The maximum atomic E-state index is 12.4. The molecule has 0 saturated carbocycles. The molecular weight excluding hydrogens is 282 g/mol. The van der Waals surface area contributed by atoms with Gasteiger partial charge in [-0.3, -0.25) is 4.79 Å². The van der Waals surface area contributed by atoms with Crippen molar-refractivity contribution in [2.24, 2.45) is 0 Å². The molecule has 0 atom stereocenters. The first-order valence-corrected chi connectivity index (χ1v) is 8.15. The standard InChI is InChI=1S/C16H23N3OS/c1-5-7-8-9-11(3)12(4)14(20)13-10-18-16(21-6-2)19-15(13)17/h9-10H,4-8H2,1-3H3,(H2,17,18,19)/b11-9-. The predicted molar refractivity (Wildman–Crippen MR) is 89.6 cm³/mol. The van der Waals surface area contributed by atoms with Gasteiger partial charge in [-0.2, -0.15) is 0 Å². The number of Topliss-reactive ketones (excluding diaryl/α,β-unsaturated/α-hetero) is 1. The van der Waals surface area contributed by atoms with E-state index in [0.29, 0.717) is 16.3 Å². The Labute approximate surface area is 130 Å². The average Bonchev–Trinajstić information content (AvgIpc) is 2.46. The predicted octanol–water partition coefficient (Wildman–Crippen LogP) is 4.05. The molecule has 0 aromatic carbocycles. The summed E-state index contributed by atoms with van der Waals surface area (Å²) in [5, 5.41) is 0.590. The fourth-order valence-corrected chi connectivity index (χ4v) is 2.29. The molecule has 1 aromatic rings. The van der Waals surface area contributed by atoms with E-state index in [9.17, 15) is 4.79 Å². The first kappa shape index (κ1) is 17.4. The number of anilines is 1. The number of aromatic nitrogens is 2. The van der Waals surface area contributed by atoms with Crippen molar-refractivity contribution in [1.29, 1.82) is 0 Å². The van der Waals surface area contributed by atoms with Crippen molar-refractivity contribution < 1.29 is 4.79 Å². The number of unbranched alkanes of at least 4 members (excludes halogenated alkanes) is 2. The minimum Gasteiger partial charge on any atom is -0.383 e. The number of ketones is 1. The molecule has 0 aliphatic heterocycles. The lowest BCUT2D eigenvalue weighted by atomic mass is 9.99. The SMILES string of the molecule is C=C(C(=O)c1cnc(SCC)nc1N)/C(C)=C\CCCC. The van der Waals surface area contributed by atoms with Crippen molar-refractivity contribution in [2.75, 3.05) is 11.5 Å². The molecule has 0 aliphatic rings. The third-order valence-electron chi connectivity index (χ3n) is 3.07. The Morgan fingerprint density at radius 2 is 2.19 bits per heavy atom. The maximum absolute atomic E-state index is 12.4. The zero-order valence-corrected chi connectivity index (χ0v) is 13.8. The number of hydrogen-bond acceptors (Lipinski definition) is 5. The highest BCUT2D eigenvalue weighted by Crippen LogP contribution is 2.21. The third kappa shape index (κ3) is 5.01. The monoisotopic (exact) mass is 305 g/mol. The van der Waals surface area contributed by atoms with Crippen LogP contribution in [-0.2, 0) is 0 Å². The Morgan fingerprint density at radius 3 is 2.76 bits per heavy atom. The molecule has 0 aliphatic carbocycles. The number of nitrogen functional groups attached to an aromatic ring is 1. The van der Waals surface area contributed by atoms with E-state index in [4.69, 9.17) is 5.73 Å². The Hall–Kier alpha value is -1.62. The van der Waals surface area contributed by atoms with Crippen LogP contribution in [0.5, 0.6) is 0 Å². The molecule has 0 radical (unpaired) electrons. The van der Waals surface area contributed by atoms with Crippen molar-refractivity contribution in [2.45, 2.75) is 45.2 Å². The van der Waals surface area contributed by atoms with Gasteiger partial charge in [-0.25, -0.2) is 9.97 Å². The van der Waals surface area contributed by atoms with Gasteiger partial charge in [-0.1, -0.05) is 51.1 Å². The fraction of sp³-hybridized carbons (Fsp3) is 0.438. The molecule has 1 heterocycles. The summed E-state index contributed by atoms with van der Waals surface area (Å²) in [6, 6.07) is 0. The highest BCUT2D eigenvalue weighted by molar-refractivity contribution is 7.99. The van der Waals surface area contributed by atoms with Crippen LogP contribution >= 0.6 is 11.8 Å². The van der Waals surface area contributed by atoms with Crippen molar-refractivity contribution in [1.82, 2.24) is 9.97 Å². The van der Waals surface area contributed by atoms with Gasteiger partial charge in [0.1, 0.15) is 5.82 Å². The van der Waals surface area contributed by atoms with Crippen LogP contribution in [0.3, 0.4) is 0 Å². The van der Waals surface area contributed by atoms with Crippen LogP contribution in [0.25, 0.3) is 0 Å². The van der Waals surface area contributed by atoms with Crippen molar-refractivity contribution in [3.05, 3.63) is 35.6 Å². The topological polar surface area (TPSA) is 68.9 Å². The van der Waals surface area contributed by atoms with Crippen LogP contribution in [-0.4, -0.2) is 21.5 Å². The number of hydrogen-bond donors (Lipinski definition) is 1. The molecule has 21 heavy (non-hydrogen) atoms. The van der Waals surface area contributed by atoms with Crippen LogP contribution in [0.1, 0.15) is 50.4 Å². The first-order valence-electron chi connectivity index (χ1n) is 7.17. The summed E-state index contributed by atoms with van der Waals surface area (Å²) >= 11 is 1.49. The van der Waals surface area contributed by atoms with Crippen molar-refractivity contribution in [3.63, 3.8) is 0 Å². The van der Waals surface area contributed by atoms with Crippen molar-refractivity contribution >= 4 is 23.4 Å². The van der Waals surface area contributed by atoms with E-state index in [-0.39, 0.29) is 11.6 Å². The molecule has 114 valence electrons. The molecule has 0 amide bonds. The zero-order valence-electron chi connectivity index (χ0n) is 13.0. The molecule has 0 unspecified atom stereocenters. The van der Waals surface area contributed by atoms with Gasteiger partial charge in [-0.05, 0) is 24.7 Å². The molecule has 0 spiro atoms. The normalized spacial score (nSPS) is 11.5. The smallest absolute Gasteiger partial charge is 0.197 e. The first-order chi connectivity index (χ1) is 10.0. The highest BCUT2D eigenvalue weighted by Gasteiger charge is 2.16. The van der Waals surface area contributed by atoms with Gasteiger partial charge in [0.25, 0.3) is 0 Å². The van der Waals surface area contributed by atoms with Crippen LogP contribution in [0.15, 0.2) is 35.2 Å². The summed E-state index contributed by atoms with van der Waals surface area (Å²) < 4.78 is 0. The minimum atomic E-state index is -0.203. The summed E-state index contributed by atoms with van der Waals surface area (Å²) in [6.07, 6.45) is 6.72. The highest BCUT2D eigenvalue weighted by atomic mass is 32.2. The molecule has 1 aromatic heterocycles. The largest absolute Gasteiger partial charge is 0.383 e. The maximum Gasteiger partial charge on any atom is 0.197 e. The number of allylic oxidation sites excluding steroid dienone is 3. The lowest BCUT2D eigenvalue weighted by Gasteiger charge is -2.08. The molecular formula is C16H23N3OS. The van der Waals surface area contributed by atoms with Gasteiger partial charge in [0.2, 0.25) is 0 Å². The van der Waals surface area contributed by atoms with Gasteiger partial charge >= 0.3 is 0 Å². The number of carbonyl (C=O) groups excluding carboxylic acids is 1. The summed E-state index contributed by atoms with van der Waals surface area (Å²) in [4.78, 5) is 20.7. The Balaban J connectivity index is 2.88. The number of thioether (sulfide) groups is 1.